The van der Waals surface area contributed by atoms with E-state index in [1.54, 1.807) is 6.92 Å². The fraction of sp³-hybridized carbons (Fsp3) is 1.00. The lowest BCUT2D eigenvalue weighted by atomic mass is 10.0. The average molecular weight is 370 g/mol. The largest absolute Gasteiger partial charge is 0.490 e. The highest BCUT2D eigenvalue weighted by Crippen LogP contribution is 2.66. The first-order valence-corrected chi connectivity index (χ1v) is 10.3. The van der Waals surface area contributed by atoms with Crippen LogP contribution in [0.5, 0.6) is 0 Å². The van der Waals surface area contributed by atoms with Crippen LogP contribution in [-0.4, -0.2) is 38.4 Å². The molecule has 126 valence electrons. The molecule has 4 N–H and O–H groups in total. The summed E-state index contributed by atoms with van der Waals surface area (Å²) in [6, 6.07) is 0. The Morgan fingerprint density at radius 2 is 1.62 bits per heavy atom. The number of phosphoric acid groups is 3. The van der Waals surface area contributed by atoms with Crippen molar-refractivity contribution in [1.82, 2.24) is 0 Å². The highest BCUT2D eigenvalue weighted by Gasteiger charge is 2.41. The second kappa shape index (κ2) is 6.86. The van der Waals surface area contributed by atoms with Crippen LogP contribution in [0.15, 0.2) is 0 Å². The standard InChI is InChI=1S/C7H17O11P3/c1-5-3-6(2)16-7(5)4-15-20(11,12)18-21(13,14)17-19(8,9)10/h5-7H,3-4H2,1-2H3,(H,11,12)(H,13,14)(H2,8,9,10)/t5-,6-,7?/m0/s1. The van der Waals surface area contributed by atoms with Gasteiger partial charge in [-0.25, -0.2) is 13.7 Å². The number of hydrogen-bond donors (Lipinski definition) is 4. The minimum Gasteiger partial charge on any atom is -0.373 e. The molecule has 5 atom stereocenters. The predicted octanol–water partition coefficient (Wildman–Crippen LogP) is 1.14. The van der Waals surface area contributed by atoms with Crippen molar-refractivity contribution in [2.75, 3.05) is 6.61 Å². The summed E-state index contributed by atoms with van der Waals surface area (Å²) < 4.78 is 50.0. The third-order valence-corrected chi connectivity index (χ3v) is 6.37. The minimum atomic E-state index is -5.47. The van der Waals surface area contributed by atoms with Gasteiger partial charge < -0.3 is 24.3 Å². The van der Waals surface area contributed by atoms with E-state index in [4.69, 9.17) is 19.4 Å². The van der Waals surface area contributed by atoms with E-state index in [-0.39, 0.29) is 12.0 Å². The van der Waals surface area contributed by atoms with Crippen molar-refractivity contribution < 1.29 is 51.2 Å². The van der Waals surface area contributed by atoms with Crippen molar-refractivity contribution in [3.8, 4) is 0 Å². The van der Waals surface area contributed by atoms with Gasteiger partial charge in [-0.1, -0.05) is 6.92 Å². The van der Waals surface area contributed by atoms with Crippen LogP contribution in [0.2, 0.25) is 0 Å². The highest BCUT2D eigenvalue weighted by atomic mass is 31.3. The van der Waals surface area contributed by atoms with Crippen LogP contribution in [0, 0.1) is 5.92 Å². The maximum Gasteiger partial charge on any atom is 0.490 e. The second-order valence-electron chi connectivity index (χ2n) is 4.58. The number of ether oxygens (including phenoxy) is 1. The van der Waals surface area contributed by atoms with Crippen LogP contribution in [0.3, 0.4) is 0 Å². The Bertz CT molecular complexity index is 500. The molecule has 0 saturated carbocycles. The van der Waals surface area contributed by atoms with Gasteiger partial charge in [-0.3, -0.25) is 4.52 Å². The van der Waals surface area contributed by atoms with Gasteiger partial charge in [-0.2, -0.15) is 8.62 Å². The summed E-state index contributed by atoms with van der Waals surface area (Å²) in [5.74, 6) is 0.0345. The van der Waals surface area contributed by atoms with Crippen molar-refractivity contribution >= 4 is 23.5 Å². The maximum atomic E-state index is 11.5. The first kappa shape index (κ1) is 19.4. The Labute approximate surface area is 120 Å². The molecule has 0 aromatic rings. The molecule has 0 radical (unpaired) electrons. The molecule has 1 rings (SSSR count). The van der Waals surface area contributed by atoms with Gasteiger partial charge in [0, 0.05) is 0 Å². The van der Waals surface area contributed by atoms with Crippen molar-refractivity contribution in [3.05, 3.63) is 0 Å². The maximum absolute atomic E-state index is 11.5. The summed E-state index contributed by atoms with van der Waals surface area (Å²) >= 11 is 0. The Morgan fingerprint density at radius 1 is 1.05 bits per heavy atom. The van der Waals surface area contributed by atoms with Gasteiger partial charge in [-0.05, 0) is 19.3 Å². The van der Waals surface area contributed by atoms with Gasteiger partial charge >= 0.3 is 23.5 Å². The molecule has 0 aromatic carbocycles. The van der Waals surface area contributed by atoms with E-state index in [2.05, 4.69) is 13.1 Å². The summed E-state index contributed by atoms with van der Waals surface area (Å²) in [6.45, 7) is 3.24. The normalized spacial score (nSPS) is 32.6. The number of rotatable bonds is 7. The van der Waals surface area contributed by atoms with Crippen molar-refractivity contribution in [1.29, 1.82) is 0 Å². The Morgan fingerprint density at radius 3 is 2.05 bits per heavy atom. The molecule has 1 aliphatic rings. The summed E-state index contributed by atoms with van der Waals surface area (Å²) in [5, 5.41) is 0. The van der Waals surface area contributed by atoms with Crippen LogP contribution in [0.4, 0.5) is 0 Å². The molecule has 0 aromatic heterocycles. The van der Waals surface area contributed by atoms with Crippen LogP contribution in [-0.2, 0) is 31.6 Å². The van der Waals surface area contributed by atoms with E-state index < -0.39 is 36.2 Å². The highest BCUT2D eigenvalue weighted by molar-refractivity contribution is 7.66. The van der Waals surface area contributed by atoms with Gasteiger partial charge in [0.15, 0.2) is 0 Å². The molecule has 0 spiro atoms. The summed E-state index contributed by atoms with van der Waals surface area (Å²) in [6.07, 6.45) is 0.143. The van der Waals surface area contributed by atoms with E-state index >= 15 is 0 Å². The lowest BCUT2D eigenvalue weighted by Gasteiger charge is -2.19. The average Bonchev–Trinajstić information content (AvgIpc) is 2.48. The van der Waals surface area contributed by atoms with E-state index in [0.717, 1.165) is 0 Å². The van der Waals surface area contributed by atoms with Gasteiger partial charge in [0.05, 0.1) is 18.8 Å². The molecule has 3 unspecified atom stereocenters. The fourth-order valence-electron chi connectivity index (χ4n) is 1.84. The molecule has 21 heavy (non-hydrogen) atoms. The molecule has 11 nitrogen and oxygen atoms in total. The van der Waals surface area contributed by atoms with Gasteiger partial charge in [-0.15, -0.1) is 0 Å². The van der Waals surface area contributed by atoms with Crippen molar-refractivity contribution in [2.45, 2.75) is 32.5 Å². The summed E-state index contributed by atoms with van der Waals surface area (Å²) in [5.41, 5.74) is 0. The molecule has 0 aliphatic carbocycles. The van der Waals surface area contributed by atoms with Gasteiger partial charge in [0.1, 0.15) is 0 Å². The topological polar surface area (TPSA) is 169 Å². The SMILES string of the molecule is C[C@H]1C[C@H](C)C(COP(=O)(O)OP(=O)(O)OP(=O)(O)O)O1. The molecule has 0 amide bonds. The molecule has 14 heteroatoms. The molecule has 1 heterocycles. The van der Waals surface area contributed by atoms with Crippen molar-refractivity contribution in [3.63, 3.8) is 0 Å². The Kier molecular flexibility index (Phi) is 6.35. The lowest BCUT2D eigenvalue weighted by Crippen LogP contribution is -2.20. The molecular formula is C7H17O11P3. The lowest BCUT2D eigenvalue weighted by molar-refractivity contribution is 0.00796. The molecule has 1 saturated heterocycles. The van der Waals surface area contributed by atoms with E-state index in [1.807, 2.05) is 6.92 Å². The van der Waals surface area contributed by atoms with Crippen LogP contribution in [0.25, 0.3) is 0 Å². The third kappa shape index (κ3) is 7.45. The zero-order chi connectivity index (χ0) is 16.5. The molecule has 0 bridgehead atoms. The summed E-state index contributed by atoms with van der Waals surface area (Å²) in [4.78, 5) is 34.9. The molecular weight excluding hydrogens is 353 g/mol. The zero-order valence-corrected chi connectivity index (χ0v) is 13.8. The van der Waals surface area contributed by atoms with Gasteiger partial charge in [0.25, 0.3) is 0 Å². The second-order valence-corrected chi connectivity index (χ2v) is 9.00. The number of hydrogen-bond acceptors (Lipinski definition) is 7. The van der Waals surface area contributed by atoms with Gasteiger partial charge in [0.2, 0.25) is 0 Å². The van der Waals surface area contributed by atoms with E-state index in [1.165, 1.54) is 0 Å². The van der Waals surface area contributed by atoms with E-state index in [0.29, 0.717) is 6.42 Å². The monoisotopic (exact) mass is 370 g/mol. The van der Waals surface area contributed by atoms with E-state index in [9.17, 15) is 18.6 Å². The quantitative estimate of drug-likeness (QED) is 0.474. The molecule has 1 fully saturated rings. The first-order chi connectivity index (χ1) is 9.30. The fourth-order valence-corrected chi connectivity index (χ4v) is 4.87. The van der Waals surface area contributed by atoms with Crippen molar-refractivity contribution in [2.24, 2.45) is 5.92 Å². The first-order valence-electron chi connectivity index (χ1n) is 5.73. The number of phosphoric ester groups is 1. The predicted molar refractivity (Wildman–Crippen MR) is 67.9 cm³/mol. The third-order valence-electron chi connectivity index (χ3n) is 2.56. The Balaban J connectivity index is 2.56. The Hall–Kier alpha value is 0.370. The summed E-state index contributed by atoms with van der Waals surface area (Å²) in [7, 11) is -15.9. The zero-order valence-electron chi connectivity index (χ0n) is 11.1. The molecule has 1 aliphatic heterocycles. The smallest absolute Gasteiger partial charge is 0.373 e. The van der Waals surface area contributed by atoms with Crippen LogP contribution < -0.4 is 0 Å². The minimum absolute atomic E-state index is 0.0345. The van der Waals surface area contributed by atoms with Crippen LogP contribution >= 0.6 is 23.5 Å². The van der Waals surface area contributed by atoms with Crippen LogP contribution in [0.1, 0.15) is 20.3 Å².